The Bertz CT molecular complexity index is 405. The zero-order valence-corrected chi connectivity index (χ0v) is 13.3. The molecule has 20 heavy (non-hydrogen) atoms. The van der Waals surface area contributed by atoms with E-state index in [0.29, 0.717) is 24.3 Å². The highest BCUT2D eigenvalue weighted by atomic mass is 16.5. The number of ether oxygens (including phenoxy) is 1. The number of rotatable bonds is 8. The summed E-state index contributed by atoms with van der Waals surface area (Å²) < 4.78 is 5.61. The lowest BCUT2D eigenvalue weighted by Gasteiger charge is -2.21. The van der Waals surface area contributed by atoms with E-state index in [4.69, 9.17) is 10.5 Å². The highest BCUT2D eigenvalue weighted by Gasteiger charge is 2.14. The van der Waals surface area contributed by atoms with Gasteiger partial charge in [-0.15, -0.1) is 0 Å². The number of nitrogens with one attached hydrogen (secondary N) is 1. The maximum absolute atomic E-state index is 6.19. The van der Waals surface area contributed by atoms with E-state index in [2.05, 4.69) is 29.1 Å². The van der Waals surface area contributed by atoms with Crippen LogP contribution in [0.5, 0.6) is 5.88 Å². The molecule has 5 nitrogen and oxygen atoms in total. The van der Waals surface area contributed by atoms with Crippen LogP contribution in [0.2, 0.25) is 0 Å². The fourth-order valence-corrected chi connectivity index (χ4v) is 2.19. The molecule has 1 aromatic rings. The van der Waals surface area contributed by atoms with Gasteiger partial charge in [-0.05, 0) is 26.7 Å². The van der Waals surface area contributed by atoms with E-state index in [-0.39, 0.29) is 12.1 Å². The Morgan fingerprint density at radius 3 is 2.45 bits per heavy atom. The van der Waals surface area contributed by atoms with E-state index < -0.39 is 0 Å². The van der Waals surface area contributed by atoms with Gasteiger partial charge < -0.3 is 15.8 Å². The van der Waals surface area contributed by atoms with Gasteiger partial charge in [-0.3, -0.25) is 0 Å². The molecule has 1 heterocycles. The third kappa shape index (κ3) is 5.33. The van der Waals surface area contributed by atoms with Crippen LogP contribution in [0.4, 0.5) is 5.95 Å². The quantitative estimate of drug-likeness (QED) is 0.766. The molecule has 0 aromatic carbocycles. The van der Waals surface area contributed by atoms with E-state index in [9.17, 15) is 0 Å². The van der Waals surface area contributed by atoms with E-state index >= 15 is 0 Å². The molecule has 1 aromatic heterocycles. The third-order valence-electron chi connectivity index (χ3n) is 3.34. The Kier molecular flexibility index (Phi) is 6.71. The SMILES string of the molecule is CCC(CC)C(N)CNc1nc(C)cc(OC(C)C)n1. The standard InChI is InChI=1S/C15H28N4O/c1-6-12(7-2)13(16)9-17-15-18-11(5)8-14(19-15)20-10(3)4/h8,10,12-13H,6-7,9,16H2,1-5H3,(H,17,18,19). The number of nitrogens with zero attached hydrogens (tertiary/aromatic N) is 2. The molecular formula is C15H28N4O. The maximum atomic E-state index is 6.19. The van der Waals surface area contributed by atoms with Crippen LogP contribution in [0.15, 0.2) is 6.07 Å². The Labute approximate surface area is 122 Å². The molecule has 0 radical (unpaired) electrons. The van der Waals surface area contributed by atoms with E-state index in [0.717, 1.165) is 18.5 Å². The van der Waals surface area contributed by atoms with Gasteiger partial charge in [0.2, 0.25) is 11.8 Å². The van der Waals surface area contributed by atoms with Gasteiger partial charge in [0.05, 0.1) is 6.10 Å². The van der Waals surface area contributed by atoms with Gasteiger partial charge >= 0.3 is 0 Å². The molecule has 0 fully saturated rings. The van der Waals surface area contributed by atoms with Crippen LogP contribution in [0.3, 0.4) is 0 Å². The number of aromatic nitrogens is 2. The molecular weight excluding hydrogens is 252 g/mol. The predicted molar refractivity (Wildman–Crippen MR) is 83.1 cm³/mol. The molecule has 0 spiro atoms. The molecule has 0 amide bonds. The molecule has 114 valence electrons. The first-order chi connectivity index (χ1) is 9.46. The number of aryl methyl sites for hydroxylation is 1. The molecule has 0 saturated carbocycles. The highest BCUT2D eigenvalue weighted by Crippen LogP contribution is 2.15. The summed E-state index contributed by atoms with van der Waals surface area (Å²) in [6, 6.07) is 1.95. The number of hydrogen-bond donors (Lipinski definition) is 2. The van der Waals surface area contributed by atoms with Crippen molar-refractivity contribution < 1.29 is 4.74 Å². The minimum absolute atomic E-state index is 0.101. The van der Waals surface area contributed by atoms with Gasteiger partial charge in [0.1, 0.15) is 0 Å². The maximum Gasteiger partial charge on any atom is 0.226 e. The second-order valence-corrected chi connectivity index (χ2v) is 5.46. The molecule has 3 N–H and O–H groups in total. The molecule has 1 rings (SSSR count). The summed E-state index contributed by atoms with van der Waals surface area (Å²) in [6.07, 6.45) is 2.29. The fraction of sp³-hybridized carbons (Fsp3) is 0.733. The van der Waals surface area contributed by atoms with Gasteiger partial charge in [-0.25, -0.2) is 4.98 Å². The summed E-state index contributed by atoms with van der Waals surface area (Å²) >= 11 is 0. The number of anilines is 1. The molecule has 1 unspecified atom stereocenters. The van der Waals surface area contributed by atoms with Crippen LogP contribution in [0, 0.1) is 12.8 Å². The highest BCUT2D eigenvalue weighted by molar-refractivity contribution is 5.30. The normalized spacial score (nSPS) is 12.8. The van der Waals surface area contributed by atoms with Crippen LogP contribution in [-0.2, 0) is 0 Å². The van der Waals surface area contributed by atoms with Crippen LogP contribution in [0.25, 0.3) is 0 Å². The van der Waals surface area contributed by atoms with E-state index in [1.54, 1.807) is 0 Å². The first-order valence-electron chi connectivity index (χ1n) is 7.48. The van der Waals surface area contributed by atoms with Crippen LogP contribution in [0.1, 0.15) is 46.2 Å². The third-order valence-corrected chi connectivity index (χ3v) is 3.34. The van der Waals surface area contributed by atoms with Crippen molar-refractivity contribution in [3.8, 4) is 5.88 Å². The molecule has 5 heteroatoms. The largest absolute Gasteiger partial charge is 0.475 e. The van der Waals surface area contributed by atoms with Gasteiger partial charge in [-0.1, -0.05) is 26.7 Å². The van der Waals surface area contributed by atoms with Gasteiger partial charge in [0, 0.05) is 24.3 Å². The molecule has 1 atom stereocenters. The Hall–Kier alpha value is -1.36. The summed E-state index contributed by atoms with van der Waals surface area (Å²) in [5.74, 6) is 1.71. The number of hydrogen-bond acceptors (Lipinski definition) is 5. The summed E-state index contributed by atoms with van der Waals surface area (Å²) in [5.41, 5.74) is 7.08. The van der Waals surface area contributed by atoms with Crippen molar-refractivity contribution in [3.05, 3.63) is 11.8 Å². The van der Waals surface area contributed by atoms with Crippen LogP contribution in [-0.4, -0.2) is 28.7 Å². The van der Waals surface area contributed by atoms with Crippen molar-refractivity contribution in [2.45, 2.75) is 59.6 Å². The lowest BCUT2D eigenvalue weighted by molar-refractivity contribution is 0.232. The zero-order chi connectivity index (χ0) is 15.1. The molecule has 0 aliphatic carbocycles. The smallest absolute Gasteiger partial charge is 0.226 e. The van der Waals surface area contributed by atoms with Crippen LogP contribution >= 0.6 is 0 Å². The lowest BCUT2D eigenvalue weighted by Crippen LogP contribution is -2.36. The lowest BCUT2D eigenvalue weighted by atomic mass is 9.95. The second kappa shape index (κ2) is 8.04. The van der Waals surface area contributed by atoms with Crippen molar-refractivity contribution in [2.75, 3.05) is 11.9 Å². The van der Waals surface area contributed by atoms with Crippen molar-refractivity contribution in [1.29, 1.82) is 0 Å². The summed E-state index contributed by atoms with van der Waals surface area (Å²) in [7, 11) is 0. The van der Waals surface area contributed by atoms with Crippen LogP contribution < -0.4 is 15.8 Å². The summed E-state index contributed by atoms with van der Waals surface area (Å²) in [5, 5.41) is 3.22. The van der Waals surface area contributed by atoms with E-state index in [1.165, 1.54) is 0 Å². The van der Waals surface area contributed by atoms with Crippen molar-refractivity contribution in [3.63, 3.8) is 0 Å². The Balaban J connectivity index is 2.65. The van der Waals surface area contributed by atoms with E-state index in [1.807, 2.05) is 26.8 Å². The Morgan fingerprint density at radius 2 is 1.90 bits per heavy atom. The monoisotopic (exact) mass is 280 g/mol. The second-order valence-electron chi connectivity index (χ2n) is 5.46. The molecule has 0 bridgehead atoms. The predicted octanol–water partition coefficient (Wildman–Crippen LogP) is 2.75. The van der Waals surface area contributed by atoms with Gasteiger partial charge in [0.25, 0.3) is 0 Å². The minimum Gasteiger partial charge on any atom is -0.475 e. The van der Waals surface area contributed by atoms with Crippen molar-refractivity contribution in [1.82, 2.24) is 9.97 Å². The first kappa shape index (κ1) is 16.7. The minimum atomic E-state index is 0.101. The van der Waals surface area contributed by atoms with Gasteiger partial charge in [-0.2, -0.15) is 4.98 Å². The Morgan fingerprint density at radius 1 is 1.25 bits per heavy atom. The molecule has 0 aliphatic rings. The van der Waals surface area contributed by atoms with Crippen molar-refractivity contribution in [2.24, 2.45) is 11.7 Å². The summed E-state index contributed by atoms with van der Waals surface area (Å²) in [6.45, 7) is 10.9. The first-order valence-corrected chi connectivity index (χ1v) is 7.48. The average Bonchev–Trinajstić information content (AvgIpc) is 2.36. The fourth-order valence-electron chi connectivity index (χ4n) is 2.19. The summed E-state index contributed by atoms with van der Waals surface area (Å²) in [4.78, 5) is 8.72. The topological polar surface area (TPSA) is 73.1 Å². The van der Waals surface area contributed by atoms with Crippen molar-refractivity contribution >= 4 is 5.95 Å². The average molecular weight is 280 g/mol. The zero-order valence-electron chi connectivity index (χ0n) is 13.3. The molecule has 0 aliphatic heterocycles. The van der Waals surface area contributed by atoms with Gasteiger partial charge in [0.15, 0.2) is 0 Å². The molecule has 0 saturated heterocycles. The number of nitrogens with two attached hydrogens (primary N) is 1.